The number of amides is 2. The lowest BCUT2D eigenvalue weighted by atomic mass is 10.0. The second-order valence-electron chi connectivity index (χ2n) is 5.70. The first-order chi connectivity index (χ1) is 12.0. The van der Waals surface area contributed by atoms with Crippen molar-refractivity contribution in [3.05, 3.63) is 53.6 Å². The van der Waals surface area contributed by atoms with E-state index in [1.165, 1.54) is 6.92 Å². The third-order valence-corrected chi connectivity index (χ3v) is 3.79. The Morgan fingerprint density at radius 3 is 2.20 bits per heavy atom. The van der Waals surface area contributed by atoms with Crippen LogP contribution in [0.15, 0.2) is 42.5 Å². The third kappa shape index (κ3) is 5.35. The topological polar surface area (TPSA) is 67.4 Å². The van der Waals surface area contributed by atoms with Crippen molar-refractivity contribution in [2.45, 2.75) is 33.6 Å². The van der Waals surface area contributed by atoms with Crippen LogP contribution in [-0.2, 0) is 22.4 Å². The van der Waals surface area contributed by atoms with Gasteiger partial charge in [0.05, 0.1) is 0 Å². The van der Waals surface area contributed by atoms with Crippen LogP contribution in [0.2, 0.25) is 0 Å². The Hall–Kier alpha value is -2.82. The van der Waals surface area contributed by atoms with Gasteiger partial charge in [-0.15, -0.1) is 0 Å². The second-order valence-corrected chi connectivity index (χ2v) is 5.70. The fourth-order valence-electron chi connectivity index (χ4n) is 2.59. The number of aryl methyl sites for hydroxylation is 2. The van der Waals surface area contributed by atoms with Crippen LogP contribution in [0.3, 0.4) is 0 Å². The fraction of sp³-hybridized carbons (Fsp3) is 0.300. The predicted molar refractivity (Wildman–Crippen MR) is 100 cm³/mol. The predicted octanol–water partition coefficient (Wildman–Crippen LogP) is 3.79. The number of nitrogens with one attached hydrogen (secondary N) is 2. The van der Waals surface area contributed by atoms with E-state index >= 15 is 0 Å². The highest BCUT2D eigenvalue weighted by Crippen LogP contribution is 2.23. The van der Waals surface area contributed by atoms with Crippen molar-refractivity contribution in [1.29, 1.82) is 0 Å². The summed E-state index contributed by atoms with van der Waals surface area (Å²) < 4.78 is 5.55. The van der Waals surface area contributed by atoms with Crippen molar-refractivity contribution in [3.8, 4) is 5.75 Å². The van der Waals surface area contributed by atoms with E-state index in [9.17, 15) is 9.59 Å². The highest BCUT2D eigenvalue weighted by atomic mass is 16.5. The standard InChI is InChI=1S/C20H24N2O3/c1-4-15-8-6-9-16(5-2)20(15)22-19(24)13-25-18-11-7-10-17(12-18)21-14(3)23/h6-12H,4-5,13H2,1-3H3,(H,21,23)(H,22,24). The van der Waals surface area contributed by atoms with Gasteiger partial charge in [-0.2, -0.15) is 0 Å². The van der Waals surface area contributed by atoms with Gasteiger partial charge in [0.25, 0.3) is 5.91 Å². The van der Waals surface area contributed by atoms with Crippen LogP contribution in [0.25, 0.3) is 0 Å². The lowest BCUT2D eigenvalue weighted by molar-refractivity contribution is -0.118. The minimum atomic E-state index is -0.208. The average molecular weight is 340 g/mol. The molecular formula is C20H24N2O3. The van der Waals surface area contributed by atoms with Crippen LogP contribution in [0, 0.1) is 0 Å². The molecule has 0 aromatic heterocycles. The molecule has 0 aliphatic carbocycles. The van der Waals surface area contributed by atoms with Crippen LogP contribution in [0.4, 0.5) is 11.4 Å². The Bertz CT molecular complexity index is 734. The maximum Gasteiger partial charge on any atom is 0.262 e. The molecule has 2 N–H and O–H groups in total. The molecular weight excluding hydrogens is 316 g/mol. The molecule has 132 valence electrons. The number of anilines is 2. The minimum absolute atomic E-state index is 0.0925. The van der Waals surface area contributed by atoms with Crippen molar-refractivity contribution in [1.82, 2.24) is 0 Å². The first-order valence-electron chi connectivity index (χ1n) is 8.44. The Morgan fingerprint density at radius 2 is 1.60 bits per heavy atom. The molecule has 0 spiro atoms. The molecule has 0 heterocycles. The van der Waals surface area contributed by atoms with Gasteiger partial charge in [0.2, 0.25) is 5.91 Å². The molecule has 25 heavy (non-hydrogen) atoms. The number of carbonyl (C=O) groups excluding carboxylic acids is 2. The van der Waals surface area contributed by atoms with E-state index in [0.29, 0.717) is 11.4 Å². The van der Waals surface area contributed by atoms with Gasteiger partial charge >= 0.3 is 0 Å². The molecule has 0 bridgehead atoms. The van der Waals surface area contributed by atoms with Crippen LogP contribution >= 0.6 is 0 Å². The summed E-state index contributed by atoms with van der Waals surface area (Å²) >= 11 is 0. The number of hydrogen-bond acceptors (Lipinski definition) is 3. The summed E-state index contributed by atoms with van der Waals surface area (Å²) in [6.07, 6.45) is 1.70. The van der Waals surface area contributed by atoms with Crippen molar-refractivity contribution in [2.75, 3.05) is 17.2 Å². The molecule has 5 heteroatoms. The number of ether oxygens (including phenoxy) is 1. The van der Waals surface area contributed by atoms with Crippen LogP contribution in [0.1, 0.15) is 31.9 Å². The Morgan fingerprint density at radius 1 is 0.960 bits per heavy atom. The van der Waals surface area contributed by atoms with Gasteiger partial charge in [-0.05, 0) is 36.1 Å². The number of hydrogen-bond donors (Lipinski definition) is 2. The minimum Gasteiger partial charge on any atom is -0.484 e. The fourth-order valence-corrected chi connectivity index (χ4v) is 2.59. The second kappa shape index (κ2) is 8.87. The van der Waals surface area contributed by atoms with Gasteiger partial charge in [-0.25, -0.2) is 0 Å². The summed E-state index contributed by atoms with van der Waals surface area (Å²) in [6.45, 7) is 5.48. The van der Waals surface area contributed by atoms with E-state index in [2.05, 4.69) is 24.5 Å². The van der Waals surface area contributed by atoms with E-state index in [-0.39, 0.29) is 18.4 Å². The molecule has 0 fully saturated rings. The molecule has 2 aromatic carbocycles. The molecule has 0 aliphatic heterocycles. The first-order valence-corrected chi connectivity index (χ1v) is 8.44. The van der Waals surface area contributed by atoms with Gasteiger partial charge in [0.15, 0.2) is 6.61 Å². The van der Waals surface area contributed by atoms with Crippen LogP contribution in [-0.4, -0.2) is 18.4 Å². The molecule has 0 aliphatic rings. The molecule has 0 saturated carbocycles. The molecule has 2 aromatic rings. The van der Waals surface area contributed by atoms with E-state index in [1.54, 1.807) is 24.3 Å². The van der Waals surface area contributed by atoms with Gasteiger partial charge < -0.3 is 15.4 Å². The van der Waals surface area contributed by atoms with Crippen molar-refractivity contribution in [2.24, 2.45) is 0 Å². The van der Waals surface area contributed by atoms with Gasteiger partial charge in [-0.1, -0.05) is 38.1 Å². The molecule has 2 rings (SSSR count). The lowest BCUT2D eigenvalue weighted by Crippen LogP contribution is -2.21. The lowest BCUT2D eigenvalue weighted by Gasteiger charge is -2.15. The largest absolute Gasteiger partial charge is 0.484 e. The quantitative estimate of drug-likeness (QED) is 0.806. The summed E-state index contributed by atoms with van der Waals surface area (Å²) in [5.74, 6) is 0.166. The molecule has 0 radical (unpaired) electrons. The SMILES string of the molecule is CCc1cccc(CC)c1NC(=O)COc1cccc(NC(C)=O)c1. The zero-order chi connectivity index (χ0) is 18.2. The number of benzene rings is 2. The van der Waals surface area contributed by atoms with E-state index in [4.69, 9.17) is 4.74 Å². The molecule has 0 saturated heterocycles. The number of carbonyl (C=O) groups is 2. The maximum absolute atomic E-state index is 12.3. The molecule has 0 atom stereocenters. The average Bonchev–Trinajstić information content (AvgIpc) is 2.60. The van der Waals surface area contributed by atoms with Crippen molar-refractivity contribution in [3.63, 3.8) is 0 Å². The van der Waals surface area contributed by atoms with E-state index < -0.39 is 0 Å². The van der Waals surface area contributed by atoms with Crippen LogP contribution in [0.5, 0.6) is 5.75 Å². The summed E-state index contributed by atoms with van der Waals surface area (Å²) in [7, 11) is 0. The number of rotatable bonds is 7. The molecule has 2 amide bonds. The van der Waals surface area contributed by atoms with Crippen molar-refractivity contribution < 1.29 is 14.3 Å². The zero-order valence-electron chi connectivity index (χ0n) is 14.9. The van der Waals surface area contributed by atoms with E-state index in [0.717, 1.165) is 29.7 Å². The molecule has 5 nitrogen and oxygen atoms in total. The van der Waals surface area contributed by atoms with Gasteiger partial charge in [0.1, 0.15) is 5.75 Å². The van der Waals surface area contributed by atoms with E-state index in [1.807, 2.05) is 18.2 Å². The highest BCUT2D eigenvalue weighted by Gasteiger charge is 2.11. The third-order valence-electron chi connectivity index (χ3n) is 3.79. The van der Waals surface area contributed by atoms with Crippen LogP contribution < -0.4 is 15.4 Å². The first kappa shape index (κ1) is 18.5. The van der Waals surface area contributed by atoms with Crippen molar-refractivity contribution >= 4 is 23.2 Å². The summed E-state index contributed by atoms with van der Waals surface area (Å²) in [5.41, 5.74) is 3.74. The zero-order valence-corrected chi connectivity index (χ0v) is 14.9. The Labute approximate surface area is 148 Å². The van der Waals surface area contributed by atoms with Gasteiger partial charge in [-0.3, -0.25) is 9.59 Å². The number of para-hydroxylation sites is 1. The molecule has 0 unspecified atom stereocenters. The highest BCUT2D eigenvalue weighted by molar-refractivity contribution is 5.93. The summed E-state index contributed by atoms with van der Waals surface area (Å²) in [4.78, 5) is 23.4. The maximum atomic E-state index is 12.3. The normalized spacial score (nSPS) is 10.2. The summed E-state index contributed by atoms with van der Waals surface area (Å²) in [6, 6.07) is 13.0. The van der Waals surface area contributed by atoms with Gasteiger partial charge in [0, 0.05) is 24.4 Å². The smallest absolute Gasteiger partial charge is 0.262 e. The monoisotopic (exact) mass is 340 g/mol. The Kier molecular flexibility index (Phi) is 6.57. The summed E-state index contributed by atoms with van der Waals surface area (Å²) in [5, 5.41) is 5.65. The Balaban J connectivity index is 2.01.